The molecular weight excluding hydrogens is 499 g/mol. The fourth-order valence-electron chi connectivity index (χ4n) is 4.68. The minimum Gasteiger partial charge on any atom is -0.489 e. The molecule has 2 heterocycles. The fourth-order valence-corrected chi connectivity index (χ4v) is 4.86. The molecule has 2 aliphatic rings. The predicted molar refractivity (Wildman–Crippen MR) is 139 cm³/mol. The molecule has 10 heteroatoms. The normalized spacial score (nSPS) is 17.9. The van der Waals surface area contributed by atoms with Crippen LogP contribution in [0.5, 0.6) is 11.5 Å². The Morgan fingerprint density at radius 3 is 2.76 bits per heavy atom. The second-order valence-electron chi connectivity index (χ2n) is 9.64. The number of hydrogen-bond acceptors (Lipinski definition) is 8. The van der Waals surface area contributed by atoms with Gasteiger partial charge in [-0.15, -0.1) is 0 Å². The first-order chi connectivity index (χ1) is 17.9. The largest absolute Gasteiger partial charge is 0.489 e. The first kappa shape index (κ1) is 25.5. The van der Waals surface area contributed by atoms with E-state index in [2.05, 4.69) is 20.2 Å². The molecule has 1 aromatic heterocycles. The monoisotopic (exact) mass is 528 g/mol. The summed E-state index contributed by atoms with van der Waals surface area (Å²) in [4.78, 5) is 22.5. The molecule has 0 radical (unpaired) electrons. The van der Waals surface area contributed by atoms with Crippen molar-refractivity contribution in [2.45, 2.75) is 38.1 Å². The van der Waals surface area contributed by atoms with Crippen LogP contribution in [0, 0.1) is 11.7 Å². The van der Waals surface area contributed by atoms with E-state index in [4.69, 9.17) is 25.8 Å². The van der Waals surface area contributed by atoms with Crippen LogP contribution < -0.4 is 14.8 Å². The van der Waals surface area contributed by atoms with Crippen LogP contribution in [0.1, 0.15) is 32.1 Å². The van der Waals surface area contributed by atoms with Crippen molar-refractivity contribution in [1.82, 2.24) is 14.9 Å². The zero-order chi connectivity index (χ0) is 25.8. The molecule has 0 amide bonds. The minimum absolute atomic E-state index is 0.0176. The number of cyclic esters (lactones) is 1. The number of esters is 1. The molecule has 1 saturated heterocycles. The Morgan fingerprint density at radius 2 is 2.00 bits per heavy atom. The summed E-state index contributed by atoms with van der Waals surface area (Å²) in [6.07, 6.45) is 6.97. The number of ether oxygens (including phenoxy) is 3. The average Bonchev–Trinajstić information content (AvgIpc) is 3.57. The van der Waals surface area contributed by atoms with Crippen LogP contribution in [0.4, 0.5) is 16.0 Å². The van der Waals surface area contributed by atoms with Gasteiger partial charge in [-0.1, -0.05) is 24.4 Å². The molecule has 1 aliphatic carbocycles. The molecule has 1 N–H and O–H groups in total. The second kappa shape index (κ2) is 11.5. The molecule has 2 aromatic carbocycles. The lowest BCUT2D eigenvalue weighted by atomic mass is 10.1. The van der Waals surface area contributed by atoms with Gasteiger partial charge in [0.25, 0.3) is 0 Å². The number of carbonyl (C=O) groups is 1. The van der Waals surface area contributed by atoms with Crippen molar-refractivity contribution in [3.8, 4) is 11.5 Å². The highest BCUT2D eigenvalue weighted by Crippen LogP contribution is 2.34. The Balaban J connectivity index is 1.33. The van der Waals surface area contributed by atoms with Gasteiger partial charge < -0.3 is 19.5 Å². The third-order valence-electron chi connectivity index (χ3n) is 6.93. The van der Waals surface area contributed by atoms with Gasteiger partial charge in [0.15, 0.2) is 11.5 Å². The SMILES string of the molecule is CN(CCOc1cc2nc(Nc3ccc(F)c(Cl)c3)ncc2cc1OCC1CCCC1)C1COC(=O)C1. The van der Waals surface area contributed by atoms with Crippen LogP contribution in [0.25, 0.3) is 10.9 Å². The van der Waals surface area contributed by atoms with Crippen molar-refractivity contribution in [1.29, 1.82) is 0 Å². The zero-order valence-corrected chi connectivity index (χ0v) is 21.5. The van der Waals surface area contributed by atoms with Gasteiger partial charge in [-0.05, 0) is 50.1 Å². The van der Waals surface area contributed by atoms with Gasteiger partial charge in [0.05, 0.1) is 29.6 Å². The number of carbonyl (C=O) groups excluding carboxylic acids is 1. The molecule has 196 valence electrons. The second-order valence-corrected chi connectivity index (χ2v) is 10.0. The van der Waals surface area contributed by atoms with E-state index in [1.807, 2.05) is 19.2 Å². The summed E-state index contributed by atoms with van der Waals surface area (Å²) >= 11 is 5.90. The van der Waals surface area contributed by atoms with Crippen LogP contribution >= 0.6 is 11.6 Å². The first-order valence-electron chi connectivity index (χ1n) is 12.6. The Labute approximate surface area is 220 Å². The Kier molecular flexibility index (Phi) is 7.90. The van der Waals surface area contributed by atoms with E-state index in [1.165, 1.54) is 37.8 Å². The Hall–Kier alpha value is -3.17. The lowest BCUT2D eigenvalue weighted by molar-refractivity contribution is -0.137. The van der Waals surface area contributed by atoms with Crippen molar-refractivity contribution in [3.05, 3.63) is 47.4 Å². The smallest absolute Gasteiger partial charge is 0.307 e. The van der Waals surface area contributed by atoms with E-state index >= 15 is 0 Å². The van der Waals surface area contributed by atoms with Crippen LogP contribution in [0.3, 0.4) is 0 Å². The highest BCUT2D eigenvalue weighted by molar-refractivity contribution is 6.31. The molecule has 8 nitrogen and oxygen atoms in total. The van der Waals surface area contributed by atoms with Crippen molar-refractivity contribution in [2.75, 3.05) is 38.7 Å². The summed E-state index contributed by atoms with van der Waals surface area (Å²) in [7, 11) is 1.96. The maximum atomic E-state index is 13.5. The molecule has 0 spiro atoms. The minimum atomic E-state index is -0.490. The summed E-state index contributed by atoms with van der Waals surface area (Å²) in [5.74, 6) is 1.52. The molecular formula is C27H30ClFN4O4. The Morgan fingerprint density at radius 1 is 1.19 bits per heavy atom. The van der Waals surface area contributed by atoms with Gasteiger partial charge in [-0.2, -0.15) is 0 Å². The van der Waals surface area contributed by atoms with Crippen molar-refractivity contribution >= 4 is 40.1 Å². The standard InChI is InChI=1S/C27H30ClFN4O4/c1-33(20-12-26(34)37-16-20)8-9-35-25-13-23-18(10-24(25)36-15-17-4-2-3-5-17)14-30-27(32-23)31-19-6-7-22(29)21(28)11-19/h6-7,10-11,13-14,17,20H,2-5,8-9,12,15-16H2,1H3,(H,30,31,32). The van der Waals surface area contributed by atoms with Gasteiger partial charge in [0.1, 0.15) is 19.0 Å². The number of anilines is 2. The lowest BCUT2D eigenvalue weighted by Gasteiger charge is -2.22. The summed E-state index contributed by atoms with van der Waals surface area (Å²) in [5, 5.41) is 3.89. The third-order valence-corrected chi connectivity index (χ3v) is 7.22. The van der Waals surface area contributed by atoms with Crippen molar-refractivity contribution < 1.29 is 23.4 Å². The number of likely N-dealkylation sites (N-methyl/N-ethyl adjacent to an activating group) is 1. The molecule has 5 rings (SSSR count). The number of benzene rings is 2. The van der Waals surface area contributed by atoms with Gasteiger partial charge >= 0.3 is 5.97 Å². The molecule has 3 aromatic rings. The van der Waals surface area contributed by atoms with Gasteiger partial charge in [0, 0.05) is 29.9 Å². The number of rotatable bonds is 10. The fraction of sp³-hybridized carbons (Fsp3) is 0.444. The zero-order valence-electron chi connectivity index (χ0n) is 20.7. The van der Waals surface area contributed by atoms with Crippen LogP contribution in [-0.2, 0) is 9.53 Å². The molecule has 1 aliphatic heterocycles. The predicted octanol–water partition coefficient (Wildman–Crippen LogP) is 5.36. The summed E-state index contributed by atoms with van der Waals surface area (Å²) in [5.41, 5.74) is 1.26. The summed E-state index contributed by atoms with van der Waals surface area (Å²) in [6.45, 7) is 2.10. The van der Waals surface area contributed by atoms with E-state index in [-0.39, 0.29) is 17.0 Å². The molecule has 1 atom stereocenters. The average molecular weight is 529 g/mol. The number of halogens is 2. The van der Waals surface area contributed by atoms with Gasteiger partial charge in [-0.3, -0.25) is 9.69 Å². The highest BCUT2D eigenvalue weighted by Gasteiger charge is 2.27. The summed E-state index contributed by atoms with van der Waals surface area (Å²) < 4.78 is 31.0. The van der Waals surface area contributed by atoms with E-state index in [0.717, 1.165) is 5.39 Å². The first-order valence-corrected chi connectivity index (χ1v) is 13.0. The van der Waals surface area contributed by atoms with Gasteiger partial charge in [-0.25, -0.2) is 14.4 Å². The number of hydrogen-bond donors (Lipinski definition) is 1. The van der Waals surface area contributed by atoms with E-state index in [0.29, 0.717) is 67.4 Å². The number of nitrogens with one attached hydrogen (secondary N) is 1. The molecule has 37 heavy (non-hydrogen) atoms. The number of nitrogens with zero attached hydrogens (tertiary/aromatic N) is 3. The van der Waals surface area contributed by atoms with E-state index in [9.17, 15) is 9.18 Å². The maximum Gasteiger partial charge on any atom is 0.307 e. The van der Waals surface area contributed by atoms with Gasteiger partial charge in [0.2, 0.25) is 5.95 Å². The van der Waals surface area contributed by atoms with E-state index < -0.39 is 5.82 Å². The van der Waals surface area contributed by atoms with Crippen molar-refractivity contribution in [2.24, 2.45) is 5.92 Å². The highest BCUT2D eigenvalue weighted by atomic mass is 35.5. The van der Waals surface area contributed by atoms with Crippen LogP contribution in [-0.4, -0.2) is 60.3 Å². The van der Waals surface area contributed by atoms with Crippen LogP contribution in [0.2, 0.25) is 5.02 Å². The molecule has 2 fully saturated rings. The van der Waals surface area contributed by atoms with Crippen LogP contribution in [0.15, 0.2) is 36.5 Å². The lowest BCUT2D eigenvalue weighted by Crippen LogP contribution is -2.35. The van der Waals surface area contributed by atoms with Crippen molar-refractivity contribution in [3.63, 3.8) is 0 Å². The maximum absolute atomic E-state index is 13.5. The molecule has 1 saturated carbocycles. The quantitative estimate of drug-likeness (QED) is 0.352. The molecule has 1 unspecified atom stereocenters. The Bertz CT molecular complexity index is 1270. The van der Waals surface area contributed by atoms with E-state index in [1.54, 1.807) is 12.3 Å². The molecule has 0 bridgehead atoms. The topological polar surface area (TPSA) is 85.8 Å². The summed E-state index contributed by atoms with van der Waals surface area (Å²) in [6, 6.07) is 8.17. The number of aromatic nitrogens is 2. The third kappa shape index (κ3) is 6.40. The number of fused-ring (bicyclic) bond motifs is 1.